The van der Waals surface area contributed by atoms with Crippen molar-refractivity contribution >= 4 is 13.1 Å². The molecule has 1 rings (SSSR count). The quantitative estimate of drug-likeness (QED) is 0.440. The molecular weight excluding hydrogens is 255 g/mol. The van der Waals surface area contributed by atoms with Gasteiger partial charge in [-0.25, -0.2) is 4.79 Å². The third-order valence-electron chi connectivity index (χ3n) is 4.24. The fraction of sp³-hybridized carbons (Fsp3) is 0.800. The van der Waals surface area contributed by atoms with E-state index in [9.17, 15) is 4.79 Å². The molecule has 114 valence electrons. The third-order valence-corrected chi connectivity index (χ3v) is 4.24. The molecule has 20 heavy (non-hydrogen) atoms. The van der Waals surface area contributed by atoms with E-state index in [2.05, 4.69) is 0 Å². The van der Waals surface area contributed by atoms with E-state index >= 15 is 0 Å². The van der Waals surface area contributed by atoms with Crippen LogP contribution in [0.2, 0.25) is 6.32 Å². The molecule has 0 bridgehead atoms. The molecule has 1 heterocycles. The summed E-state index contributed by atoms with van der Waals surface area (Å²) in [5, 5.41) is 0. The molecule has 0 aromatic rings. The second kappa shape index (κ2) is 6.31. The first-order valence-electron chi connectivity index (χ1n) is 7.36. The Kier molecular flexibility index (Phi) is 5.44. The van der Waals surface area contributed by atoms with Crippen LogP contribution in [-0.2, 0) is 18.8 Å². The molecule has 1 fully saturated rings. The molecule has 0 aromatic carbocycles. The van der Waals surface area contributed by atoms with E-state index in [4.69, 9.17) is 14.0 Å². The summed E-state index contributed by atoms with van der Waals surface area (Å²) in [7, 11) is -0.402. The van der Waals surface area contributed by atoms with E-state index in [1.165, 1.54) is 0 Å². The number of esters is 1. The molecule has 0 amide bonds. The maximum atomic E-state index is 12.1. The predicted molar refractivity (Wildman–Crippen MR) is 80.5 cm³/mol. The summed E-state index contributed by atoms with van der Waals surface area (Å²) in [6.07, 6.45) is 1.25. The van der Waals surface area contributed by atoms with E-state index in [-0.39, 0.29) is 17.2 Å². The average Bonchev–Trinajstić information content (AvgIpc) is 2.54. The van der Waals surface area contributed by atoms with Gasteiger partial charge in [-0.3, -0.25) is 0 Å². The fourth-order valence-electron chi connectivity index (χ4n) is 2.08. The molecule has 0 radical (unpaired) electrons. The minimum Gasteiger partial charge on any atom is -0.463 e. The topological polar surface area (TPSA) is 44.8 Å². The van der Waals surface area contributed by atoms with Crippen LogP contribution in [0.3, 0.4) is 0 Å². The van der Waals surface area contributed by atoms with Crippen LogP contribution in [0, 0.1) is 0 Å². The molecule has 0 aromatic heterocycles. The summed E-state index contributed by atoms with van der Waals surface area (Å²) in [4.78, 5) is 12.1. The van der Waals surface area contributed by atoms with Crippen molar-refractivity contribution in [3.63, 3.8) is 0 Å². The van der Waals surface area contributed by atoms with Gasteiger partial charge < -0.3 is 14.0 Å². The summed E-state index contributed by atoms with van der Waals surface area (Å²) in [6, 6.07) is 0. The first kappa shape index (κ1) is 17.2. The van der Waals surface area contributed by atoms with Gasteiger partial charge in [-0.2, -0.15) is 0 Å². The van der Waals surface area contributed by atoms with Crippen molar-refractivity contribution in [2.75, 3.05) is 6.61 Å². The Morgan fingerprint density at radius 3 is 2.00 bits per heavy atom. The van der Waals surface area contributed by atoms with Crippen LogP contribution >= 0.6 is 0 Å². The van der Waals surface area contributed by atoms with Crippen molar-refractivity contribution in [3.05, 3.63) is 11.1 Å². The van der Waals surface area contributed by atoms with Crippen LogP contribution in [0.15, 0.2) is 11.1 Å². The molecule has 0 atom stereocenters. The number of ether oxygens (including phenoxy) is 1. The van der Waals surface area contributed by atoms with E-state index < -0.39 is 7.12 Å². The second-order valence-corrected chi connectivity index (χ2v) is 6.22. The Balaban J connectivity index is 2.87. The Hall–Kier alpha value is -0.805. The zero-order valence-electron chi connectivity index (χ0n) is 13.8. The lowest BCUT2D eigenvalue weighted by Crippen LogP contribution is -2.41. The highest BCUT2D eigenvalue weighted by atomic mass is 16.7. The van der Waals surface area contributed by atoms with E-state index in [0.29, 0.717) is 18.5 Å². The number of rotatable bonds is 5. The number of allylic oxidation sites excluding steroid dienone is 1. The van der Waals surface area contributed by atoms with Gasteiger partial charge in [-0.15, -0.1) is 0 Å². The summed E-state index contributed by atoms with van der Waals surface area (Å²) in [6.45, 7) is 14.2. The lowest BCUT2D eigenvalue weighted by atomic mass is 9.78. The minimum atomic E-state index is -0.402. The Labute approximate surface area is 123 Å². The Morgan fingerprint density at radius 1 is 1.10 bits per heavy atom. The maximum Gasteiger partial charge on any atom is 0.462 e. The van der Waals surface area contributed by atoms with Crippen molar-refractivity contribution in [2.45, 2.75) is 72.4 Å². The van der Waals surface area contributed by atoms with Crippen LogP contribution in [0.1, 0.15) is 54.9 Å². The second-order valence-electron chi connectivity index (χ2n) is 6.22. The van der Waals surface area contributed by atoms with Gasteiger partial charge in [0.15, 0.2) is 0 Å². The van der Waals surface area contributed by atoms with Crippen LogP contribution in [0.4, 0.5) is 0 Å². The van der Waals surface area contributed by atoms with Crippen LogP contribution in [0.5, 0.6) is 0 Å². The van der Waals surface area contributed by atoms with Gasteiger partial charge in [-0.1, -0.05) is 12.5 Å². The number of hydrogen-bond donors (Lipinski definition) is 0. The van der Waals surface area contributed by atoms with Gasteiger partial charge >= 0.3 is 13.1 Å². The van der Waals surface area contributed by atoms with Crippen molar-refractivity contribution < 1.29 is 18.8 Å². The van der Waals surface area contributed by atoms with Gasteiger partial charge in [0.05, 0.1) is 17.8 Å². The van der Waals surface area contributed by atoms with E-state index in [0.717, 1.165) is 12.0 Å². The van der Waals surface area contributed by atoms with Crippen molar-refractivity contribution in [2.24, 2.45) is 0 Å². The standard InChI is InChI=1S/C15H27BO4/c1-8-11(3)12(13(17)18-9-2)10-16-19-14(4,5)15(6,7)20-16/h8-10H2,1-7H3/b12-11-. The molecule has 0 N–H and O–H groups in total. The van der Waals surface area contributed by atoms with Crippen LogP contribution < -0.4 is 0 Å². The Bertz CT molecular complexity index is 383. The molecule has 4 nitrogen and oxygen atoms in total. The number of carbonyl (C=O) groups is 1. The maximum absolute atomic E-state index is 12.1. The number of carbonyl (C=O) groups excluding carboxylic acids is 1. The minimum absolute atomic E-state index is 0.262. The SMILES string of the molecule is CCOC(=O)/C(CB1OC(C)(C)C(C)(C)O1)=C(/C)CC. The lowest BCUT2D eigenvalue weighted by molar-refractivity contribution is -0.138. The van der Waals surface area contributed by atoms with Gasteiger partial charge in [0.2, 0.25) is 0 Å². The normalized spacial score (nSPS) is 21.6. The molecule has 0 aliphatic carbocycles. The smallest absolute Gasteiger partial charge is 0.462 e. The molecule has 0 saturated carbocycles. The summed E-state index contributed by atoms with van der Waals surface area (Å²) >= 11 is 0. The first-order chi connectivity index (χ1) is 9.14. The molecule has 1 saturated heterocycles. The third kappa shape index (κ3) is 3.64. The Morgan fingerprint density at radius 2 is 1.60 bits per heavy atom. The fourth-order valence-corrected chi connectivity index (χ4v) is 2.08. The summed E-state index contributed by atoms with van der Waals surface area (Å²) < 4.78 is 17.0. The predicted octanol–water partition coefficient (Wildman–Crippen LogP) is 3.37. The highest BCUT2D eigenvalue weighted by molar-refractivity contribution is 6.47. The van der Waals surface area contributed by atoms with E-state index in [1.54, 1.807) is 0 Å². The highest BCUT2D eigenvalue weighted by Crippen LogP contribution is 2.38. The lowest BCUT2D eigenvalue weighted by Gasteiger charge is -2.32. The molecule has 0 unspecified atom stereocenters. The summed E-state index contributed by atoms with van der Waals surface area (Å²) in [5.74, 6) is -0.262. The van der Waals surface area contributed by atoms with Gasteiger partial charge in [-0.05, 0) is 48.0 Å². The van der Waals surface area contributed by atoms with Crippen molar-refractivity contribution in [3.8, 4) is 0 Å². The molecular formula is C15H27BO4. The number of hydrogen-bond acceptors (Lipinski definition) is 4. The monoisotopic (exact) mass is 282 g/mol. The van der Waals surface area contributed by atoms with Gasteiger partial charge in [0, 0.05) is 11.9 Å². The summed E-state index contributed by atoms with van der Waals surface area (Å²) in [5.41, 5.74) is 0.945. The molecule has 0 spiro atoms. The van der Waals surface area contributed by atoms with E-state index in [1.807, 2.05) is 48.5 Å². The molecule has 1 aliphatic heterocycles. The van der Waals surface area contributed by atoms with Gasteiger partial charge in [0.1, 0.15) is 0 Å². The molecule has 5 heteroatoms. The largest absolute Gasteiger partial charge is 0.463 e. The van der Waals surface area contributed by atoms with Gasteiger partial charge in [0.25, 0.3) is 0 Å². The van der Waals surface area contributed by atoms with Crippen molar-refractivity contribution in [1.29, 1.82) is 0 Å². The zero-order valence-corrected chi connectivity index (χ0v) is 13.8. The first-order valence-corrected chi connectivity index (χ1v) is 7.36. The highest BCUT2D eigenvalue weighted by Gasteiger charge is 2.51. The molecule has 1 aliphatic rings. The zero-order chi connectivity index (χ0) is 15.6. The average molecular weight is 282 g/mol. The van der Waals surface area contributed by atoms with Crippen LogP contribution in [-0.4, -0.2) is 30.9 Å². The van der Waals surface area contributed by atoms with Crippen molar-refractivity contribution in [1.82, 2.24) is 0 Å². The van der Waals surface area contributed by atoms with Crippen LogP contribution in [0.25, 0.3) is 0 Å².